The standard InChI is InChI=1S/C16H21ClN2/c17-13-7-8-15-12(11-19-16(15)9-13)10-18-14-5-3-1-2-4-6-14/h7-9,11,14,18-19H,1-6,10H2. The average Bonchev–Trinajstić information content (AvgIpc) is 2.63. The monoisotopic (exact) mass is 276 g/mol. The van der Waals surface area contributed by atoms with Crippen molar-refractivity contribution in [3.8, 4) is 0 Å². The Bertz CT molecular complexity index is 539. The van der Waals surface area contributed by atoms with Crippen LogP contribution in [-0.4, -0.2) is 11.0 Å². The van der Waals surface area contributed by atoms with Gasteiger partial charge in [0, 0.05) is 34.7 Å². The lowest BCUT2D eigenvalue weighted by atomic mass is 10.1. The third-order valence-corrected chi connectivity index (χ3v) is 4.40. The third kappa shape index (κ3) is 3.13. The summed E-state index contributed by atoms with van der Waals surface area (Å²) >= 11 is 6.01. The van der Waals surface area contributed by atoms with Crippen LogP contribution in [0.1, 0.15) is 44.1 Å². The highest BCUT2D eigenvalue weighted by molar-refractivity contribution is 6.31. The van der Waals surface area contributed by atoms with Gasteiger partial charge in [-0.05, 0) is 30.5 Å². The molecular formula is C16H21ClN2. The molecule has 1 fully saturated rings. The second kappa shape index (κ2) is 5.98. The number of fused-ring (bicyclic) bond motifs is 1. The van der Waals surface area contributed by atoms with Crippen LogP contribution in [0, 0.1) is 0 Å². The van der Waals surface area contributed by atoms with E-state index in [1.807, 2.05) is 12.1 Å². The molecule has 0 spiro atoms. The number of benzene rings is 1. The van der Waals surface area contributed by atoms with Crippen LogP contribution in [0.2, 0.25) is 5.02 Å². The zero-order valence-corrected chi connectivity index (χ0v) is 12.0. The molecule has 3 heteroatoms. The molecule has 0 bridgehead atoms. The maximum atomic E-state index is 6.01. The smallest absolute Gasteiger partial charge is 0.0472 e. The van der Waals surface area contributed by atoms with Gasteiger partial charge in [0.15, 0.2) is 0 Å². The van der Waals surface area contributed by atoms with Crippen molar-refractivity contribution >= 4 is 22.5 Å². The molecule has 1 aromatic heterocycles. The SMILES string of the molecule is Clc1ccc2c(CNC3CCCCCC3)c[nH]c2c1. The summed E-state index contributed by atoms with van der Waals surface area (Å²) in [6.45, 7) is 0.951. The number of hydrogen-bond donors (Lipinski definition) is 2. The van der Waals surface area contributed by atoms with Crippen LogP contribution in [-0.2, 0) is 6.54 Å². The van der Waals surface area contributed by atoms with E-state index in [1.54, 1.807) is 0 Å². The normalized spacial score (nSPS) is 17.7. The Morgan fingerprint density at radius 2 is 1.95 bits per heavy atom. The molecule has 1 aliphatic carbocycles. The van der Waals surface area contributed by atoms with Crippen LogP contribution in [0.25, 0.3) is 10.9 Å². The van der Waals surface area contributed by atoms with E-state index in [2.05, 4.69) is 22.6 Å². The maximum Gasteiger partial charge on any atom is 0.0472 e. The second-order valence-corrected chi connectivity index (χ2v) is 6.01. The lowest BCUT2D eigenvalue weighted by molar-refractivity contribution is 0.460. The van der Waals surface area contributed by atoms with E-state index < -0.39 is 0 Å². The first kappa shape index (κ1) is 13.0. The lowest BCUT2D eigenvalue weighted by Crippen LogP contribution is -2.27. The molecule has 102 valence electrons. The summed E-state index contributed by atoms with van der Waals surface area (Å²) in [6, 6.07) is 6.76. The lowest BCUT2D eigenvalue weighted by Gasteiger charge is -2.15. The number of hydrogen-bond acceptors (Lipinski definition) is 1. The number of rotatable bonds is 3. The molecular weight excluding hydrogens is 256 g/mol. The van der Waals surface area contributed by atoms with Crippen molar-refractivity contribution in [2.24, 2.45) is 0 Å². The highest BCUT2D eigenvalue weighted by Crippen LogP contribution is 2.23. The largest absolute Gasteiger partial charge is 0.361 e. The quantitative estimate of drug-likeness (QED) is 0.786. The molecule has 0 unspecified atom stereocenters. The van der Waals surface area contributed by atoms with Gasteiger partial charge in [-0.1, -0.05) is 43.4 Å². The van der Waals surface area contributed by atoms with E-state index in [4.69, 9.17) is 11.6 Å². The summed E-state index contributed by atoms with van der Waals surface area (Å²) in [7, 11) is 0. The summed E-state index contributed by atoms with van der Waals surface area (Å²) in [5, 5.41) is 5.79. The van der Waals surface area contributed by atoms with Gasteiger partial charge in [-0.2, -0.15) is 0 Å². The molecule has 19 heavy (non-hydrogen) atoms. The molecule has 1 aliphatic rings. The minimum Gasteiger partial charge on any atom is -0.361 e. The Balaban J connectivity index is 1.67. The molecule has 0 aliphatic heterocycles. The fraction of sp³-hybridized carbons (Fsp3) is 0.500. The van der Waals surface area contributed by atoms with Crippen molar-refractivity contribution in [3.63, 3.8) is 0 Å². The molecule has 2 N–H and O–H groups in total. The van der Waals surface area contributed by atoms with Gasteiger partial charge in [0.05, 0.1) is 0 Å². The van der Waals surface area contributed by atoms with Gasteiger partial charge in [-0.25, -0.2) is 0 Å². The fourth-order valence-electron chi connectivity index (χ4n) is 3.04. The van der Waals surface area contributed by atoms with Crippen LogP contribution in [0.15, 0.2) is 24.4 Å². The topological polar surface area (TPSA) is 27.8 Å². The van der Waals surface area contributed by atoms with Crippen LogP contribution in [0.3, 0.4) is 0 Å². The Hall–Kier alpha value is -0.990. The minimum atomic E-state index is 0.694. The zero-order chi connectivity index (χ0) is 13.1. The fourth-order valence-corrected chi connectivity index (χ4v) is 3.21. The van der Waals surface area contributed by atoms with Gasteiger partial charge < -0.3 is 10.3 Å². The molecule has 2 nitrogen and oxygen atoms in total. The van der Waals surface area contributed by atoms with Gasteiger partial charge in [0.1, 0.15) is 0 Å². The van der Waals surface area contributed by atoms with Crippen molar-refractivity contribution in [2.75, 3.05) is 0 Å². The van der Waals surface area contributed by atoms with Gasteiger partial charge in [-0.3, -0.25) is 0 Å². The molecule has 1 aromatic carbocycles. The highest BCUT2D eigenvalue weighted by Gasteiger charge is 2.12. The van der Waals surface area contributed by atoms with Crippen LogP contribution in [0.5, 0.6) is 0 Å². The first-order valence-corrected chi connectivity index (χ1v) is 7.69. The molecule has 0 saturated heterocycles. The van der Waals surface area contributed by atoms with Crippen molar-refractivity contribution in [1.29, 1.82) is 0 Å². The Labute approximate surface area is 119 Å². The summed E-state index contributed by atoms with van der Waals surface area (Å²) in [5.41, 5.74) is 2.47. The number of aromatic amines is 1. The number of halogens is 1. The van der Waals surface area contributed by atoms with Crippen molar-refractivity contribution < 1.29 is 0 Å². The summed E-state index contributed by atoms with van der Waals surface area (Å²) in [4.78, 5) is 3.30. The van der Waals surface area contributed by atoms with Gasteiger partial charge in [0.2, 0.25) is 0 Å². The van der Waals surface area contributed by atoms with Crippen molar-refractivity contribution in [2.45, 2.75) is 51.1 Å². The van der Waals surface area contributed by atoms with Crippen LogP contribution < -0.4 is 5.32 Å². The molecule has 0 radical (unpaired) electrons. The predicted octanol–water partition coefficient (Wildman–Crippen LogP) is 4.63. The molecule has 0 atom stereocenters. The summed E-state index contributed by atoms with van der Waals surface area (Å²) in [5.74, 6) is 0. The molecule has 3 rings (SSSR count). The average molecular weight is 277 g/mol. The first-order chi connectivity index (χ1) is 9.33. The van der Waals surface area contributed by atoms with Crippen LogP contribution >= 0.6 is 11.6 Å². The maximum absolute atomic E-state index is 6.01. The Morgan fingerprint density at radius 1 is 1.16 bits per heavy atom. The highest BCUT2D eigenvalue weighted by atomic mass is 35.5. The van der Waals surface area contributed by atoms with E-state index in [-0.39, 0.29) is 0 Å². The Morgan fingerprint density at radius 3 is 2.74 bits per heavy atom. The number of H-pyrrole nitrogens is 1. The summed E-state index contributed by atoms with van der Waals surface area (Å²) in [6.07, 6.45) is 10.3. The van der Waals surface area contributed by atoms with E-state index >= 15 is 0 Å². The minimum absolute atomic E-state index is 0.694. The van der Waals surface area contributed by atoms with Crippen molar-refractivity contribution in [3.05, 3.63) is 35.0 Å². The molecule has 1 saturated carbocycles. The Kier molecular flexibility index (Phi) is 4.09. The first-order valence-electron chi connectivity index (χ1n) is 7.32. The number of nitrogens with one attached hydrogen (secondary N) is 2. The predicted molar refractivity (Wildman–Crippen MR) is 81.6 cm³/mol. The van der Waals surface area contributed by atoms with Crippen LogP contribution in [0.4, 0.5) is 0 Å². The molecule has 0 amide bonds. The van der Waals surface area contributed by atoms with E-state index in [0.29, 0.717) is 6.04 Å². The number of aromatic nitrogens is 1. The zero-order valence-electron chi connectivity index (χ0n) is 11.2. The van der Waals surface area contributed by atoms with Gasteiger partial charge in [-0.15, -0.1) is 0 Å². The van der Waals surface area contributed by atoms with E-state index in [1.165, 1.54) is 49.5 Å². The van der Waals surface area contributed by atoms with Crippen molar-refractivity contribution in [1.82, 2.24) is 10.3 Å². The van der Waals surface area contributed by atoms with Gasteiger partial charge >= 0.3 is 0 Å². The van der Waals surface area contributed by atoms with Gasteiger partial charge in [0.25, 0.3) is 0 Å². The summed E-state index contributed by atoms with van der Waals surface area (Å²) < 4.78 is 0. The second-order valence-electron chi connectivity index (χ2n) is 5.57. The third-order valence-electron chi connectivity index (χ3n) is 4.17. The molecule has 2 aromatic rings. The van der Waals surface area contributed by atoms with E-state index in [0.717, 1.165) is 17.1 Å². The molecule has 1 heterocycles. The van der Waals surface area contributed by atoms with E-state index in [9.17, 15) is 0 Å².